The monoisotopic (exact) mass is 278 g/mol. The number of rotatable bonds is 0. The maximum Gasteiger partial charge on any atom is 0.182 e. The summed E-state index contributed by atoms with van der Waals surface area (Å²) < 4.78 is 8.57. The Morgan fingerprint density at radius 3 is 2.62 bits per heavy atom. The highest BCUT2D eigenvalue weighted by atomic mass is 16.5. The Balaban J connectivity index is 2.13. The Kier molecular flexibility index (Phi) is 2.30. The lowest BCUT2D eigenvalue weighted by atomic mass is 10.0. The topological polar surface area (TPSA) is 27.1 Å². The molecule has 1 aliphatic rings. The number of aromatic nitrogens is 2. The molecule has 0 bridgehead atoms. The molecule has 3 nitrogen and oxygen atoms in total. The second kappa shape index (κ2) is 3.88. The van der Waals surface area contributed by atoms with E-state index in [4.69, 9.17) is 9.72 Å². The predicted molar refractivity (Wildman–Crippen MR) is 84.6 cm³/mol. The molecule has 1 aliphatic heterocycles. The molecule has 0 saturated heterocycles. The number of hydrogen-bond acceptors (Lipinski definition) is 2. The first-order chi connectivity index (χ1) is 9.99. The molecule has 106 valence electrons. The number of aryl methyl sites for hydroxylation is 1. The van der Waals surface area contributed by atoms with Gasteiger partial charge in [-0.2, -0.15) is 0 Å². The second-order valence-electron chi connectivity index (χ2n) is 6.15. The molecule has 21 heavy (non-hydrogen) atoms. The highest BCUT2D eigenvalue weighted by Gasteiger charge is 2.35. The van der Waals surface area contributed by atoms with Crippen molar-refractivity contribution in [2.45, 2.75) is 33.4 Å². The van der Waals surface area contributed by atoms with Gasteiger partial charge in [-0.05, 0) is 39.1 Å². The van der Waals surface area contributed by atoms with Crippen LogP contribution in [0.15, 0.2) is 36.4 Å². The second-order valence-corrected chi connectivity index (χ2v) is 6.15. The zero-order chi connectivity index (χ0) is 14.8. The molecule has 0 saturated carbocycles. The van der Waals surface area contributed by atoms with E-state index in [0.29, 0.717) is 0 Å². The van der Waals surface area contributed by atoms with E-state index in [2.05, 4.69) is 68.7 Å². The standard InChI is InChI=1S/C18H18N2O/c1-11-12(2)20-17(19-11)15-10-9-13-7-5-6-8-14(13)16(15)21-18(20,3)4/h5-10H,1-4H3. The van der Waals surface area contributed by atoms with Gasteiger partial charge in [0, 0.05) is 11.1 Å². The van der Waals surface area contributed by atoms with Crippen LogP contribution < -0.4 is 4.74 Å². The number of nitrogens with zero attached hydrogens (tertiary/aromatic N) is 2. The summed E-state index contributed by atoms with van der Waals surface area (Å²) in [5.74, 6) is 1.94. The van der Waals surface area contributed by atoms with Gasteiger partial charge in [-0.3, -0.25) is 4.57 Å². The molecule has 0 unspecified atom stereocenters. The van der Waals surface area contributed by atoms with Crippen molar-refractivity contribution in [1.82, 2.24) is 9.55 Å². The van der Waals surface area contributed by atoms with Gasteiger partial charge < -0.3 is 4.74 Å². The SMILES string of the molecule is Cc1nc2n(c1C)C(C)(C)Oc1c-2ccc2ccccc12. The van der Waals surface area contributed by atoms with Crippen molar-refractivity contribution in [3.05, 3.63) is 47.8 Å². The molecule has 4 rings (SSSR count). The van der Waals surface area contributed by atoms with Crippen LogP contribution in [0.2, 0.25) is 0 Å². The summed E-state index contributed by atoms with van der Waals surface area (Å²) in [5, 5.41) is 2.34. The Bertz CT molecular complexity index is 874. The van der Waals surface area contributed by atoms with E-state index in [1.54, 1.807) is 0 Å². The summed E-state index contributed by atoms with van der Waals surface area (Å²) in [5.41, 5.74) is 2.86. The minimum Gasteiger partial charge on any atom is -0.467 e. The van der Waals surface area contributed by atoms with Crippen LogP contribution in [0.1, 0.15) is 25.2 Å². The van der Waals surface area contributed by atoms with Crippen molar-refractivity contribution >= 4 is 10.8 Å². The fourth-order valence-corrected chi connectivity index (χ4v) is 3.27. The lowest BCUT2D eigenvalue weighted by molar-refractivity contribution is 0.0262. The van der Waals surface area contributed by atoms with E-state index in [1.165, 1.54) is 5.39 Å². The molecule has 0 N–H and O–H groups in total. The van der Waals surface area contributed by atoms with Crippen LogP contribution in [-0.4, -0.2) is 9.55 Å². The highest BCUT2D eigenvalue weighted by Crippen LogP contribution is 2.45. The van der Waals surface area contributed by atoms with Gasteiger partial charge in [0.15, 0.2) is 5.72 Å². The van der Waals surface area contributed by atoms with Gasteiger partial charge in [-0.25, -0.2) is 4.98 Å². The highest BCUT2D eigenvalue weighted by molar-refractivity contribution is 5.94. The third-order valence-corrected chi connectivity index (χ3v) is 4.36. The van der Waals surface area contributed by atoms with Gasteiger partial charge in [-0.1, -0.05) is 30.3 Å². The predicted octanol–water partition coefficient (Wildman–Crippen LogP) is 4.41. The van der Waals surface area contributed by atoms with Gasteiger partial charge >= 0.3 is 0 Å². The molecule has 3 heteroatoms. The lowest BCUT2D eigenvalue weighted by Crippen LogP contribution is -2.37. The zero-order valence-corrected chi connectivity index (χ0v) is 12.8. The maximum absolute atomic E-state index is 6.38. The summed E-state index contributed by atoms with van der Waals surface area (Å²) in [7, 11) is 0. The Morgan fingerprint density at radius 1 is 1.05 bits per heavy atom. The van der Waals surface area contributed by atoms with E-state index in [-0.39, 0.29) is 0 Å². The number of benzene rings is 2. The Morgan fingerprint density at radius 2 is 1.81 bits per heavy atom. The molecule has 2 heterocycles. The minimum absolute atomic E-state index is 0.433. The average molecular weight is 278 g/mol. The van der Waals surface area contributed by atoms with E-state index < -0.39 is 5.72 Å². The molecule has 0 aliphatic carbocycles. The quantitative estimate of drug-likeness (QED) is 0.609. The fraction of sp³-hybridized carbons (Fsp3) is 0.278. The van der Waals surface area contributed by atoms with E-state index in [1.807, 2.05) is 0 Å². The van der Waals surface area contributed by atoms with Crippen LogP contribution in [0.5, 0.6) is 5.75 Å². The van der Waals surface area contributed by atoms with Gasteiger partial charge in [0.05, 0.1) is 11.3 Å². The number of imidazole rings is 1. The van der Waals surface area contributed by atoms with Gasteiger partial charge in [-0.15, -0.1) is 0 Å². The first-order valence-electron chi connectivity index (χ1n) is 7.26. The van der Waals surface area contributed by atoms with Crippen LogP contribution in [0.4, 0.5) is 0 Å². The maximum atomic E-state index is 6.38. The molecule has 2 aromatic carbocycles. The summed E-state index contributed by atoms with van der Waals surface area (Å²) in [4.78, 5) is 4.78. The van der Waals surface area contributed by atoms with Gasteiger partial charge in [0.1, 0.15) is 11.6 Å². The number of fused-ring (bicyclic) bond motifs is 5. The third-order valence-electron chi connectivity index (χ3n) is 4.36. The summed E-state index contributed by atoms with van der Waals surface area (Å²) in [6.45, 7) is 8.34. The first kappa shape index (κ1) is 12.5. The van der Waals surface area contributed by atoms with Gasteiger partial charge in [0.25, 0.3) is 0 Å². The van der Waals surface area contributed by atoms with Crippen LogP contribution in [0, 0.1) is 13.8 Å². The largest absolute Gasteiger partial charge is 0.467 e. The van der Waals surface area contributed by atoms with Crippen LogP contribution >= 0.6 is 0 Å². The van der Waals surface area contributed by atoms with E-state index >= 15 is 0 Å². The molecule has 0 fully saturated rings. The summed E-state index contributed by atoms with van der Waals surface area (Å²) in [6, 6.07) is 12.6. The summed E-state index contributed by atoms with van der Waals surface area (Å²) in [6.07, 6.45) is 0. The number of ether oxygens (including phenoxy) is 1. The average Bonchev–Trinajstić information content (AvgIpc) is 2.75. The van der Waals surface area contributed by atoms with Crippen LogP contribution in [0.25, 0.3) is 22.2 Å². The van der Waals surface area contributed by atoms with Crippen LogP contribution in [-0.2, 0) is 5.72 Å². The molecule has 1 aromatic heterocycles. The molecule has 0 atom stereocenters. The van der Waals surface area contributed by atoms with Crippen molar-refractivity contribution in [3.63, 3.8) is 0 Å². The van der Waals surface area contributed by atoms with Gasteiger partial charge in [0.2, 0.25) is 0 Å². The van der Waals surface area contributed by atoms with Crippen molar-refractivity contribution in [2.75, 3.05) is 0 Å². The van der Waals surface area contributed by atoms with Crippen LogP contribution in [0.3, 0.4) is 0 Å². The third kappa shape index (κ3) is 1.57. The molecule has 0 spiro atoms. The Hall–Kier alpha value is -2.29. The zero-order valence-electron chi connectivity index (χ0n) is 12.8. The molecular formula is C18H18N2O. The van der Waals surface area contributed by atoms with E-state index in [9.17, 15) is 0 Å². The fourth-order valence-electron chi connectivity index (χ4n) is 3.27. The molecule has 3 aromatic rings. The van der Waals surface area contributed by atoms with Crippen molar-refractivity contribution in [3.8, 4) is 17.1 Å². The van der Waals surface area contributed by atoms with E-state index in [0.717, 1.165) is 33.9 Å². The normalized spacial score (nSPS) is 15.4. The Labute approximate surface area is 124 Å². The molecule has 0 radical (unpaired) electrons. The van der Waals surface area contributed by atoms with Crippen molar-refractivity contribution in [2.24, 2.45) is 0 Å². The minimum atomic E-state index is -0.433. The van der Waals surface area contributed by atoms with Crippen molar-refractivity contribution < 1.29 is 4.74 Å². The smallest absolute Gasteiger partial charge is 0.182 e. The summed E-state index contributed by atoms with van der Waals surface area (Å²) >= 11 is 0. The van der Waals surface area contributed by atoms with Crippen molar-refractivity contribution in [1.29, 1.82) is 0 Å². The molecular weight excluding hydrogens is 260 g/mol. The lowest BCUT2D eigenvalue weighted by Gasteiger charge is -2.36. The first-order valence-corrected chi connectivity index (χ1v) is 7.26. The molecule has 0 amide bonds. The number of hydrogen-bond donors (Lipinski definition) is 0.